The fourth-order valence-electron chi connectivity index (χ4n) is 6.14. The number of benzene rings is 1. The van der Waals surface area contributed by atoms with Crippen LogP contribution >= 0.6 is 0 Å². The van der Waals surface area contributed by atoms with Crippen molar-refractivity contribution in [2.45, 2.75) is 51.7 Å². The van der Waals surface area contributed by atoms with E-state index in [1.54, 1.807) is 13.1 Å². The first-order chi connectivity index (χ1) is 17.0. The summed E-state index contributed by atoms with van der Waals surface area (Å²) in [5.41, 5.74) is 4.85. The molecule has 1 aromatic carbocycles. The smallest absolute Gasteiger partial charge is 0.233 e. The van der Waals surface area contributed by atoms with Gasteiger partial charge in [0.2, 0.25) is 11.8 Å². The van der Waals surface area contributed by atoms with Crippen LogP contribution in [0.2, 0.25) is 0 Å². The average Bonchev–Trinajstić information content (AvgIpc) is 3.57. The Kier molecular flexibility index (Phi) is 6.76. The van der Waals surface area contributed by atoms with E-state index in [1.807, 2.05) is 30.3 Å². The van der Waals surface area contributed by atoms with E-state index in [0.29, 0.717) is 24.5 Å². The molecule has 1 N–H and O–H groups in total. The Morgan fingerprint density at radius 3 is 2.63 bits per heavy atom. The van der Waals surface area contributed by atoms with Gasteiger partial charge in [0, 0.05) is 13.0 Å². The molecule has 6 nitrogen and oxygen atoms in total. The highest BCUT2D eigenvalue weighted by Gasteiger charge is 2.55. The maximum atomic E-state index is 12.9. The molecule has 35 heavy (non-hydrogen) atoms. The number of aliphatic hydroxyl groups is 1. The van der Waals surface area contributed by atoms with Crippen molar-refractivity contribution in [1.82, 2.24) is 4.90 Å². The fourth-order valence-corrected chi connectivity index (χ4v) is 6.14. The number of likely N-dealkylation sites (tertiary alicyclic amines) is 1. The van der Waals surface area contributed by atoms with Gasteiger partial charge in [0.25, 0.3) is 0 Å². The monoisotopic (exact) mass is 475 g/mol. The minimum atomic E-state index is -0.280. The molecule has 2 aromatic rings. The minimum absolute atomic E-state index is 0.00282. The Balaban J connectivity index is 1.42. The molecule has 2 saturated heterocycles. The topological polar surface area (TPSA) is 80.0 Å². The van der Waals surface area contributed by atoms with E-state index in [9.17, 15) is 14.7 Å². The van der Waals surface area contributed by atoms with Crippen LogP contribution in [0.3, 0.4) is 0 Å². The highest BCUT2D eigenvalue weighted by Crippen LogP contribution is 2.50. The number of imide groups is 1. The number of rotatable bonds is 8. The number of aliphatic hydroxyl groups excluding tert-OH is 1. The molecule has 4 atom stereocenters. The highest BCUT2D eigenvalue weighted by molar-refractivity contribution is 6.05. The molecule has 3 aliphatic rings. The second-order valence-electron chi connectivity index (χ2n) is 9.85. The van der Waals surface area contributed by atoms with E-state index in [1.165, 1.54) is 16.0 Å². The van der Waals surface area contributed by atoms with Gasteiger partial charge >= 0.3 is 0 Å². The molecule has 2 fully saturated rings. The molecule has 3 heterocycles. The summed E-state index contributed by atoms with van der Waals surface area (Å²) >= 11 is 0. The summed E-state index contributed by atoms with van der Waals surface area (Å²) in [7, 11) is 1.61. The summed E-state index contributed by atoms with van der Waals surface area (Å²) in [6, 6.07) is 13.9. The van der Waals surface area contributed by atoms with Crippen molar-refractivity contribution in [2.75, 3.05) is 13.7 Å². The van der Waals surface area contributed by atoms with Gasteiger partial charge in [-0.3, -0.25) is 14.5 Å². The Hall–Kier alpha value is -2.96. The second kappa shape index (κ2) is 9.96. The van der Waals surface area contributed by atoms with Crippen LogP contribution in [0.25, 0.3) is 11.6 Å². The normalized spacial score (nSPS) is 26.5. The molecule has 0 bridgehead atoms. The van der Waals surface area contributed by atoms with E-state index in [0.717, 1.165) is 36.8 Å². The number of carbonyl (C=O) groups is 2. The number of allylic oxidation sites excluding steroid dienone is 2. The van der Waals surface area contributed by atoms with Crippen molar-refractivity contribution in [1.29, 1.82) is 0 Å². The van der Waals surface area contributed by atoms with Crippen LogP contribution in [0.5, 0.6) is 0 Å². The van der Waals surface area contributed by atoms with E-state index >= 15 is 0 Å². The van der Waals surface area contributed by atoms with Gasteiger partial charge in [0.15, 0.2) is 0 Å². The Morgan fingerprint density at radius 1 is 1.11 bits per heavy atom. The molecule has 0 spiro atoms. The van der Waals surface area contributed by atoms with Crippen LogP contribution in [-0.4, -0.2) is 41.6 Å². The Bertz CT molecular complexity index is 1160. The van der Waals surface area contributed by atoms with E-state index in [2.05, 4.69) is 19.1 Å². The van der Waals surface area contributed by atoms with Crippen LogP contribution in [-0.2, 0) is 20.9 Å². The molecule has 5 rings (SSSR count). The van der Waals surface area contributed by atoms with Crippen LogP contribution in [0, 0.1) is 17.8 Å². The minimum Gasteiger partial charge on any atom is -0.459 e. The van der Waals surface area contributed by atoms with Gasteiger partial charge in [0.1, 0.15) is 18.1 Å². The maximum Gasteiger partial charge on any atom is 0.233 e. The summed E-state index contributed by atoms with van der Waals surface area (Å²) in [5.74, 6) is 0.654. The van der Waals surface area contributed by atoms with Crippen molar-refractivity contribution in [3.05, 3.63) is 70.7 Å². The largest absolute Gasteiger partial charge is 0.459 e. The van der Waals surface area contributed by atoms with E-state index < -0.39 is 0 Å². The lowest BCUT2D eigenvalue weighted by Gasteiger charge is -2.32. The summed E-state index contributed by atoms with van der Waals surface area (Å²) in [4.78, 5) is 27.0. The predicted molar refractivity (Wildman–Crippen MR) is 133 cm³/mol. The molecule has 1 aliphatic carbocycles. The number of carbonyl (C=O) groups excluding carboxylic acids is 2. The van der Waals surface area contributed by atoms with Crippen LogP contribution in [0.1, 0.15) is 56.1 Å². The third kappa shape index (κ3) is 4.41. The molecule has 2 amide bonds. The van der Waals surface area contributed by atoms with E-state index in [4.69, 9.17) is 9.15 Å². The van der Waals surface area contributed by atoms with Crippen molar-refractivity contribution in [3.8, 4) is 0 Å². The SMILES string of the molecule is CCCC1=C2[C@@H](CC/C(=C/c3ccc(CO)o3)c3ccccc3)OC[C@@H]2[C@@H]2C(=O)N(C)C(=O)[C@@H]2C1. The fraction of sp³-hybridized carbons (Fsp3) is 0.448. The molecular weight excluding hydrogens is 442 g/mol. The number of hydrogen-bond acceptors (Lipinski definition) is 5. The first-order valence-electron chi connectivity index (χ1n) is 12.6. The quantitative estimate of drug-likeness (QED) is 0.437. The van der Waals surface area contributed by atoms with Gasteiger partial charge in [-0.15, -0.1) is 0 Å². The molecule has 1 aromatic heterocycles. The molecule has 184 valence electrons. The van der Waals surface area contributed by atoms with Crippen molar-refractivity contribution in [3.63, 3.8) is 0 Å². The van der Waals surface area contributed by atoms with Crippen LogP contribution < -0.4 is 0 Å². The zero-order valence-electron chi connectivity index (χ0n) is 20.4. The maximum absolute atomic E-state index is 12.9. The predicted octanol–water partition coefficient (Wildman–Crippen LogP) is 4.84. The molecule has 0 saturated carbocycles. The summed E-state index contributed by atoms with van der Waals surface area (Å²) < 4.78 is 12.1. The lowest BCUT2D eigenvalue weighted by Crippen LogP contribution is -2.34. The summed E-state index contributed by atoms with van der Waals surface area (Å²) in [6.07, 6.45) is 6.19. The lowest BCUT2D eigenvalue weighted by molar-refractivity contribution is -0.138. The number of nitrogens with zero attached hydrogens (tertiary/aromatic N) is 1. The number of amides is 2. The number of hydrogen-bond donors (Lipinski definition) is 1. The van der Waals surface area contributed by atoms with Gasteiger partial charge in [0.05, 0.1) is 24.5 Å². The van der Waals surface area contributed by atoms with Crippen molar-refractivity contribution < 1.29 is 23.8 Å². The van der Waals surface area contributed by atoms with Crippen LogP contribution in [0.15, 0.2) is 58.0 Å². The Labute approximate surface area is 206 Å². The van der Waals surface area contributed by atoms with Crippen molar-refractivity contribution >= 4 is 23.5 Å². The molecular formula is C29H33NO5. The van der Waals surface area contributed by atoms with E-state index in [-0.39, 0.29) is 42.3 Å². The first-order valence-corrected chi connectivity index (χ1v) is 12.6. The zero-order valence-corrected chi connectivity index (χ0v) is 20.4. The summed E-state index contributed by atoms with van der Waals surface area (Å²) in [6.45, 7) is 2.54. The van der Waals surface area contributed by atoms with Gasteiger partial charge in [-0.05, 0) is 60.6 Å². The van der Waals surface area contributed by atoms with Gasteiger partial charge in [-0.2, -0.15) is 0 Å². The third-order valence-electron chi connectivity index (χ3n) is 7.76. The van der Waals surface area contributed by atoms with Gasteiger partial charge < -0.3 is 14.3 Å². The van der Waals surface area contributed by atoms with Gasteiger partial charge in [-0.25, -0.2) is 0 Å². The van der Waals surface area contributed by atoms with Gasteiger partial charge in [-0.1, -0.05) is 49.2 Å². The van der Waals surface area contributed by atoms with Crippen molar-refractivity contribution in [2.24, 2.45) is 17.8 Å². The summed E-state index contributed by atoms with van der Waals surface area (Å²) in [5, 5.41) is 9.36. The molecule has 2 aliphatic heterocycles. The standard InChI is InChI=1S/C29H33NO5/c1-3-7-20-15-23-27(29(33)30(2)28(23)32)24-17-34-25(26(20)24)13-10-19(18-8-5-4-6-9-18)14-21-11-12-22(16-31)35-21/h4-6,8-9,11-12,14,23-25,27,31H,3,7,10,13,15-17H2,1-2H3/b19-14-/t23-,24+,25-,27-/m1/s1. The lowest BCUT2D eigenvalue weighted by atomic mass is 9.68. The molecule has 0 unspecified atom stereocenters. The van der Waals surface area contributed by atoms with Crippen LogP contribution in [0.4, 0.5) is 0 Å². The Morgan fingerprint density at radius 2 is 1.91 bits per heavy atom. The average molecular weight is 476 g/mol. The number of ether oxygens (including phenoxy) is 1. The number of fused-ring (bicyclic) bond motifs is 3. The molecule has 6 heteroatoms. The third-order valence-corrected chi connectivity index (χ3v) is 7.76. The first kappa shape index (κ1) is 23.8. The highest BCUT2D eigenvalue weighted by atomic mass is 16.5. The number of furan rings is 1. The zero-order chi connectivity index (χ0) is 24.5. The molecule has 0 radical (unpaired) electrons. The second-order valence-corrected chi connectivity index (χ2v) is 9.85.